The lowest BCUT2D eigenvalue weighted by Gasteiger charge is -2.31. The van der Waals surface area contributed by atoms with Crippen LogP contribution < -0.4 is 9.47 Å². The largest absolute Gasteiger partial charge is 0.497 e. The van der Waals surface area contributed by atoms with Gasteiger partial charge in [0.05, 0.1) is 24.4 Å². The Bertz CT molecular complexity index is 913. The molecule has 0 radical (unpaired) electrons. The molecule has 0 unspecified atom stereocenters. The van der Waals surface area contributed by atoms with Gasteiger partial charge in [0.1, 0.15) is 11.3 Å². The first-order valence-electron chi connectivity index (χ1n) is 8.61. The number of amides is 1. The summed E-state index contributed by atoms with van der Waals surface area (Å²) in [7, 11) is 1.27. The van der Waals surface area contributed by atoms with Crippen LogP contribution in [0.3, 0.4) is 0 Å². The minimum Gasteiger partial charge on any atom is -0.497 e. The number of hydrogen-bond donors (Lipinski definition) is 0. The molecule has 2 heterocycles. The van der Waals surface area contributed by atoms with Crippen LogP contribution in [0.15, 0.2) is 35.4 Å². The number of aryl methyl sites for hydroxylation is 1. The third-order valence-electron chi connectivity index (χ3n) is 4.77. The van der Waals surface area contributed by atoms with E-state index in [1.165, 1.54) is 18.9 Å². The summed E-state index contributed by atoms with van der Waals surface area (Å²) in [6, 6.07) is 6.40. The summed E-state index contributed by atoms with van der Waals surface area (Å²) in [4.78, 5) is 14.7. The van der Waals surface area contributed by atoms with Crippen molar-refractivity contribution in [3.63, 3.8) is 0 Å². The van der Waals surface area contributed by atoms with Crippen LogP contribution in [0.4, 0.5) is 0 Å². The molecular weight excluding hydrogens is 370 g/mol. The maximum absolute atomic E-state index is 12.9. The highest BCUT2D eigenvalue weighted by molar-refractivity contribution is 7.92. The Morgan fingerprint density at radius 3 is 2.30 bits per heavy atom. The summed E-state index contributed by atoms with van der Waals surface area (Å²) >= 11 is 0. The van der Waals surface area contributed by atoms with Crippen LogP contribution in [0.1, 0.15) is 23.2 Å². The smallest absolute Gasteiger partial charge is 0.260 e. The van der Waals surface area contributed by atoms with Crippen molar-refractivity contribution in [2.24, 2.45) is 7.05 Å². The van der Waals surface area contributed by atoms with Crippen molar-refractivity contribution in [3.05, 3.63) is 36.0 Å². The zero-order valence-corrected chi connectivity index (χ0v) is 16.4. The predicted octanol–water partition coefficient (Wildman–Crippen LogP) is 1.52. The van der Waals surface area contributed by atoms with E-state index in [1.54, 1.807) is 42.4 Å². The summed E-state index contributed by atoms with van der Waals surface area (Å²) in [6.07, 6.45) is 2.40. The molecule has 9 heteroatoms. The number of carbonyl (C=O) groups is 1. The van der Waals surface area contributed by atoms with E-state index in [0.717, 1.165) is 0 Å². The molecule has 1 aliphatic rings. The summed E-state index contributed by atoms with van der Waals surface area (Å²) in [6.45, 7) is 0.744. The molecule has 1 aromatic heterocycles. The van der Waals surface area contributed by atoms with Crippen molar-refractivity contribution in [1.29, 1.82) is 0 Å². The van der Waals surface area contributed by atoms with Gasteiger partial charge in [-0.3, -0.25) is 9.48 Å². The third-order valence-corrected chi connectivity index (χ3v) is 7.05. The fraction of sp³-hybridized carbons (Fsp3) is 0.444. The minimum absolute atomic E-state index is 0.194. The molecule has 0 saturated carbocycles. The summed E-state index contributed by atoms with van der Waals surface area (Å²) in [5, 5.41) is 3.59. The van der Waals surface area contributed by atoms with Crippen molar-refractivity contribution < 1.29 is 22.7 Å². The van der Waals surface area contributed by atoms with E-state index in [2.05, 4.69) is 5.10 Å². The number of rotatable bonds is 5. The van der Waals surface area contributed by atoms with Crippen LogP contribution in [0, 0.1) is 0 Å². The second kappa shape index (κ2) is 7.59. The normalized spacial score (nSPS) is 15.6. The lowest BCUT2D eigenvalue weighted by Crippen LogP contribution is -2.42. The van der Waals surface area contributed by atoms with Gasteiger partial charge in [0.25, 0.3) is 5.91 Å². The number of benzene rings is 1. The Morgan fingerprint density at radius 1 is 1.11 bits per heavy atom. The number of methoxy groups -OCH3 is 2. The van der Waals surface area contributed by atoms with Crippen molar-refractivity contribution in [2.45, 2.75) is 23.0 Å². The van der Waals surface area contributed by atoms with E-state index in [4.69, 9.17) is 9.47 Å². The summed E-state index contributed by atoms with van der Waals surface area (Å²) in [5.41, 5.74) is 0.386. The Balaban J connectivity index is 1.69. The van der Waals surface area contributed by atoms with Crippen molar-refractivity contribution in [2.75, 3.05) is 27.3 Å². The first-order chi connectivity index (χ1) is 12.9. The lowest BCUT2D eigenvalue weighted by atomic mass is 10.1. The average Bonchev–Trinajstić information content (AvgIpc) is 3.08. The van der Waals surface area contributed by atoms with E-state index < -0.39 is 15.1 Å². The first kappa shape index (κ1) is 19.2. The SMILES string of the molecule is COc1ccc(S(=O)(=O)C2CCN(C(=O)c3cn(C)nc3OC)CC2)cc1. The number of hydrogen-bond acceptors (Lipinski definition) is 6. The Labute approximate surface area is 158 Å². The molecule has 1 fully saturated rings. The molecule has 8 nitrogen and oxygen atoms in total. The molecular formula is C18H23N3O5S. The predicted molar refractivity (Wildman–Crippen MR) is 98.9 cm³/mol. The number of aromatic nitrogens is 2. The molecule has 3 rings (SSSR count). The van der Waals surface area contributed by atoms with Gasteiger partial charge in [-0.2, -0.15) is 0 Å². The van der Waals surface area contributed by atoms with Gasteiger partial charge in [0.2, 0.25) is 5.88 Å². The van der Waals surface area contributed by atoms with Crippen LogP contribution in [0.25, 0.3) is 0 Å². The van der Waals surface area contributed by atoms with Gasteiger partial charge in [0, 0.05) is 26.3 Å². The number of piperidine rings is 1. The molecule has 0 N–H and O–H groups in total. The van der Waals surface area contributed by atoms with Gasteiger partial charge in [-0.15, -0.1) is 5.10 Å². The van der Waals surface area contributed by atoms with Crippen LogP contribution in [-0.4, -0.2) is 61.6 Å². The lowest BCUT2D eigenvalue weighted by molar-refractivity contribution is 0.0722. The molecule has 1 saturated heterocycles. The van der Waals surface area contributed by atoms with Gasteiger partial charge >= 0.3 is 0 Å². The number of sulfone groups is 1. The quantitative estimate of drug-likeness (QED) is 0.765. The van der Waals surface area contributed by atoms with E-state index in [9.17, 15) is 13.2 Å². The Hall–Kier alpha value is -2.55. The summed E-state index contributed by atoms with van der Waals surface area (Å²) < 4.78 is 37.5. The van der Waals surface area contributed by atoms with Crippen molar-refractivity contribution in [1.82, 2.24) is 14.7 Å². The molecule has 146 valence electrons. The monoisotopic (exact) mass is 393 g/mol. The Morgan fingerprint density at radius 2 is 1.74 bits per heavy atom. The van der Waals surface area contributed by atoms with Crippen LogP contribution >= 0.6 is 0 Å². The number of likely N-dealkylation sites (tertiary alicyclic amines) is 1. The molecule has 0 atom stereocenters. The van der Waals surface area contributed by atoms with E-state index >= 15 is 0 Å². The highest BCUT2D eigenvalue weighted by Gasteiger charge is 2.34. The van der Waals surface area contributed by atoms with Crippen molar-refractivity contribution in [3.8, 4) is 11.6 Å². The Kier molecular flexibility index (Phi) is 5.41. The van der Waals surface area contributed by atoms with Gasteiger partial charge in [-0.05, 0) is 37.1 Å². The van der Waals surface area contributed by atoms with Crippen LogP contribution in [0.2, 0.25) is 0 Å². The first-order valence-corrected chi connectivity index (χ1v) is 10.2. The van der Waals surface area contributed by atoms with Gasteiger partial charge in [-0.1, -0.05) is 0 Å². The highest BCUT2D eigenvalue weighted by atomic mass is 32.2. The molecule has 0 spiro atoms. The van der Waals surface area contributed by atoms with Gasteiger partial charge in [-0.25, -0.2) is 8.42 Å². The van der Waals surface area contributed by atoms with Crippen LogP contribution in [0.5, 0.6) is 11.6 Å². The molecule has 27 heavy (non-hydrogen) atoms. The molecule has 0 bridgehead atoms. The zero-order chi connectivity index (χ0) is 19.6. The maximum Gasteiger partial charge on any atom is 0.260 e. The molecule has 1 amide bonds. The topological polar surface area (TPSA) is 90.7 Å². The molecule has 1 aliphatic heterocycles. The van der Waals surface area contributed by atoms with Crippen LogP contribution in [-0.2, 0) is 16.9 Å². The fourth-order valence-electron chi connectivity index (χ4n) is 3.26. The van der Waals surface area contributed by atoms with E-state index in [-0.39, 0.29) is 16.7 Å². The number of ether oxygens (including phenoxy) is 2. The zero-order valence-electron chi connectivity index (χ0n) is 15.6. The third kappa shape index (κ3) is 3.78. The van der Waals surface area contributed by atoms with E-state index in [0.29, 0.717) is 37.2 Å². The summed E-state index contributed by atoms with van der Waals surface area (Å²) in [5.74, 6) is 0.690. The maximum atomic E-state index is 12.9. The van der Waals surface area contributed by atoms with Crippen molar-refractivity contribution >= 4 is 15.7 Å². The molecule has 0 aliphatic carbocycles. The van der Waals surface area contributed by atoms with Gasteiger partial charge < -0.3 is 14.4 Å². The second-order valence-electron chi connectivity index (χ2n) is 6.44. The minimum atomic E-state index is -3.44. The van der Waals surface area contributed by atoms with E-state index in [1.807, 2.05) is 0 Å². The highest BCUT2D eigenvalue weighted by Crippen LogP contribution is 2.27. The average molecular weight is 393 g/mol. The standard InChI is InChI=1S/C18H23N3O5S/c1-20-12-16(17(19-20)26-3)18(22)21-10-8-15(9-11-21)27(23,24)14-6-4-13(25-2)5-7-14/h4-7,12,15H,8-11H2,1-3H3. The second-order valence-corrected chi connectivity index (χ2v) is 8.67. The van der Waals surface area contributed by atoms with Gasteiger partial charge in [0.15, 0.2) is 9.84 Å². The number of nitrogens with zero attached hydrogens (tertiary/aromatic N) is 3. The fourth-order valence-corrected chi connectivity index (χ4v) is 4.99. The molecule has 1 aromatic carbocycles. The molecule has 2 aromatic rings. The number of carbonyl (C=O) groups excluding carboxylic acids is 1.